The van der Waals surface area contributed by atoms with Crippen molar-refractivity contribution in [3.63, 3.8) is 0 Å². The van der Waals surface area contributed by atoms with E-state index in [0.29, 0.717) is 97.6 Å². The Balaban J connectivity index is 0.000000180. The smallest absolute Gasteiger partial charge is 0.410 e. The number of sulfone groups is 2. The molecule has 4 bridgehead atoms. The number of aromatic nitrogens is 6. The van der Waals surface area contributed by atoms with Crippen molar-refractivity contribution in [2.75, 3.05) is 24.9 Å². The van der Waals surface area contributed by atoms with Crippen molar-refractivity contribution in [3.8, 4) is 23.3 Å². The summed E-state index contributed by atoms with van der Waals surface area (Å²) in [4.78, 5) is 54.4. The number of methoxy groups -OCH3 is 2. The normalized spacial score (nSPS) is 23.5. The Kier molecular flexibility index (Phi) is 14.8. The van der Waals surface area contributed by atoms with E-state index in [0.717, 1.165) is 25.7 Å². The Morgan fingerprint density at radius 2 is 0.986 bits per heavy atom. The van der Waals surface area contributed by atoms with Crippen LogP contribution in [0, 0.1) is 0 Å². The lowest BCUT2D eigenvalue weighted by Crippen LogP contribution is -2.50. The van der Waals surface area contributed by atoms with Crippen LogP contribution in [0.25, 0.3) is 0 Å². The van der Waals surface area contributed by atoms with Gasteiger partial charge in [0.05, 0.1) is 54.6 Å². The van der Waals surface area contributed by atoms with Crippen LogP contribution in [0.15, 0.2) is 59.4 Å². The first-order valence-electron chi connectivity index (χ1n) is 24.9. The summed E-state index contributed by atoms with van der Waals surface area (Å²) < 4.78 is 84.3. The molecule has 22 nitrogen and oxygen atoms in total. The van der Waals surface area contributed by atoms with E-state index in [1.807, 2.05) is 44.4 Å². The molecule has 8 heterocycles. The number of hydrogen-bond donors (Lipinski definition) is 2. The van der Waals surface area contributed by atoms with Gasteiger partial charge in [-0.2, -0.15) is 9.97 Å². The summed E-state index contributed by atoms with van der Waals surface area (Å²) in [5.41, 5.74) is 0.576. The lowest BCUT2D eigenvalue weighted by Gasteiger charge is -2.39. The summed E-state index contributed by atoms with van der Waals surface area (Å²) in [6.07, 6.45) is 13.9. The highest BCUT2D eigenvalue weighted by atomic mass is 32.2. The standard InChI is InChI=1S/C25H33N5O6S.C24H31N5O6S/c1-25(2,3)36-24(31)30-16-6-7-17(30)12-18(11-16)35-23-21(34-4)22(27-14-28-23)29-15-5-10-20(26-13-15)37(32,33)19-8-9-19;1-14(2)34-24(30)29-16-5-6-17(29)11-18(10-16)35-23-21(33-3)22(26-13-27-23)28-15-4-9-20(25-12-15)36(31,32)19-7-8-19/h5,10,13-14,16-19H,6-9,11-12H2,1-4H3,(H,27,28,29);4,9,12-14,16-19H,5-8,10-11H2,1-3H3,(H,26,27,28)/t2*16-,17?,18?/m00/s1. The molecule has 4 aromatic rings. The molecule has 4 unspecified atom stereocenters. The minimum atomic E-state index is -3.36. The number of amides is 2. The third-order valence-electron chi connectivity index (χ3n) is 13.5. The highest BCUT2D eigenvalue weighted by molar-refractivity contribution is 7.92. The second kappa shape index (κ2) is 20.9. The first-order chi connectivity index (χ1) is 34.8. The number of ether oxygens (including phenoxy) is 6. The van der Waals surface area contributed by atoms with Gasteiger partial charge in [-0.15, -0.1) is 0 Å². The number of hydrogen-bond acceptors (Lipinski definition) is 20. The number of nitrogens with one attached hydrogen (secondary N) is 2. The van der Waals surface area contributed by atoms with E-state index in [9.17, 15) is 26.4 Å². The van der Waals surface area contributed by atoms with E-state index in [2.05, 4.69) is 40.5 Å². The lowest BCUT2D eigenvalue weighted by atomic mass is 10.0. The summed E-state index contributed by atoms with van der Waals surface area (Å²) in [7, 11) is -3.69. The number of piperidine rings is 2. The van der Waals surface area contributed by atoms with Crippen LogP contribution in [0.5, 0.6) is 23.3 Å². The van der Waals surface area contributed by atoms with Crippen molar-refractivity contribution in [1.29, 1.82) is 0 Å². The first-order valence-corrected chi connectivity index (χ1v) is 28.0. The molecule has 0 spiro atoms. The van der Waals surface area contributed by atoms with Gasteiger partial charge in [0.25, 0.3) is 11.8 Å². The Hall–Kier alpha value is -6.30. The quantitative estimate of drug-likeness (QED) is 0.118. The zero-order chi connectivity index (χ0) is 51.8. The molecule has 2 saturated carbocycles. The second-order valence-electron chi connectivity index (χ2n) is 20.6. The van der Waals surface area contributed by atoms with Crippen molar-refractivity contribution in [1.82, 2.24) is 39.7 Å². The molecule has 24 heteroatoms. The van der Waals surface area contributed by atoms with Crippen molar-refractivity contribution in [3.05, 3.63) is 49.3 Å². The maximum atomic E-state index is 12.7. The maximum absolute atomic E-state index is 12.7. The fourth-order valence-electron chi connectivity index (χ4n) is 9.98. The van der Waals surface area contributed by atoms with Gasteiger partial charge in [0, 0.05) is 49.9 Å². The molecule has 6 aliphatic rings. The van der Waals surface area contributed by atoms with E-state index >= 15 is 0 Å². The number of carbonyl (C=O) groups is 2. The summed E-state index contributed by atoms with van der Waals surface area (Å²) >= 11 is 0. The van der Waals surface area contributed by atoms with Gasteiger partial charge < -0.3 is 48.9 Å². The molecule has 4 aliphatic heterocycles. The molecule has 2 amide bonds. The third-order valence-corrected chi connectivity index (χ3v) is 17.9. The highest BCUT2D eigenvalue weighted by Gasteiger charge is 2.47. The third kappa shape index (κ3) is 11.7. The van der Waals surface area contributed by atoms with Crippen LogP contribution >= 0.6 is 0 Å². The predicted molar refractivity (Wildman–Crippen MR) is 265 cm³/mol. The lowest BCUT2D eigenvalue weighted by molar-refractivity contribution is -0.00798. The molecule has 4 saturated heterocycles. The van der Waals surface area contributed by atoms with Crippen LogP contribution in [0.2, 0.25) is 0 Å². The van der Waals surface area contributed by atoms with Crippen LogP contribution in [-0.2, 0) is 29.1 Å². The van der Waals surface area contributed by atoms with Crippen LogP contribution < -0.4 is 29.6 Å². The van der Waals surface area contributed by atoms with Crippen molar-refractivity contribution >= 4 is 54.9 Å². The molecule has 0 radical (unpaired) electrons. The fraction of sp³-hybridized carbons (Fsp3) is 0.592. The van der Waals surface area contributed by atoms with Gasteiger partial charge in [0.2, 0.25) is 11.5 Å². The van der Waals surface area contributed by atoms with Gasteiger partial charge in [-0.3, -0.25) is 0 Å². The average molecular weight is 1050 g/mol. The molecule has 2 aliphatic carbocycles. The predicted octanol–water partition coefficient (Wildman–Crippen LogP) is 7.35. The molecule has 0 aromatic carbocycles. The number of carbonyl (C=O) groups excluding carboxylic acids is 2. The molecule has 73 heavy (non-hydrogen) atoms. The van der Waals surface area contributed by atoms with Gasteiger partial charge in [0.1, 0.15) is 30.5 Å². The fourth-order valence-corrected chi connectivity index (χ4v) is 13.1. The van der Waals surface area contributed by atoms with Crippen LogP contribution in [0.3, 0.4) is 0 Å². The van der Waals surface area contributed by atoms with Gasteiger partial charge in [0.15, 0.2) is 41.4 Å². The van der Waals surface area contributed by atoms with Gasteiger partial charge >= 0.3 is 12.2 Å². The van der Waals surface area contributed by atoms with Crippen LogP contribution in [-0.4, -0.2) is 142 Å². The zero-order valence-electron chi connectivity index (χ0n) is 42.1. The van der Waals surface area contributed by atoms with Gasteiger partial charge in [-0.1, -0.05) is 0 Å². The van der Waals surface area contributed by atoms with E-state index in [-0.39, 0.29) is 75.2 Å². The van der Waals surface area contributed by atoms with Gasteiger partial charge in [-0.25, -0.2) is 46.4 Å². The van der Waals surface area contributed by atoms with Crippen molar-refractivity contribution in [2.45, 2.75) is 180 Å². The molecular formula is C49H64N10O12S2. The van der Waals surface area contributed by atoms with Crippen LogP contribution in [0.1, 0.15) is 112 Å². The molecular weight excluding hydrogens is 985 g/mol. The van der Waals surface area contributed by atoms with Gasteiger partial charge in [-0.05, 0) is 110 Å². The number of pyridine rings is 2. The molecule has 6 atom stereocenters. The molecule has 6 fully saturated rings. The summed E-state index contributed by atoms with van der Waals surface area (Å²) in [5.74, 6) is 2.03. The summed E-state index contributed by atoms with van der Waals surface area (Å²) in [6.45, 7) is 9.31. The Bertz CT molecular complexity index is 2840. The minimum absolute atomic E-state index is 0.0561. The summed E-state index contributed by atoms with van der Waals surface area (Å²) in [5, 5.41) is 5.75. The van der Waals surface area contributed by atoms with Crippen molar-refractivity contribution < 1.29 is 54.8 Å². The molecule has 2 N–H and O–H groups in total. The number of rotatable bonds is 15. The first kappa shape index (κ1) is 51.6. The number of nitrogens with zero attached hydrogens (tertiary/aromatic N) is 8. The van der Waals surface area contributed by atoms with E-state index in [4.69, 9.17) is 28.4 Å². The number of fused-ring (bicyclic) bond motifs is 4. The minimum Gasteiger partial charge on any atom is -0.489 e. The molecule has 10 rings (SSSR count). The maximum Gasteiger partial charge on any atom is 0.410 e. The molecule has 394 valence electrons. The SMILES string of the molecule is COc1c(Nc2ccc(S(=O)(=O)C3CC3)nc2)ncnc1OC1CC2CC[C@@H](C1)N2C(=O)OC(C)(C)C.COc1c(Nc2ccc(S(=O)(=O)C3CC3)nc2)ncnc1OC1CC2CC[C@@H](C1)N2C(=O)OC(C)C. The number of anilines is 4. The van der Waals surface area contributed by atoms with Crippen molar-refractivity contribution in [2.24, 2.45) is 0 Å². The van der Waals surface area contributed by atoms with E-state index < -0.39 is 25.3 Å². The van der Waals surface area contributed by atoms with Crippen LogP contribution in [0.4, 0.5) is 32.6 Å². The average Bonchev–Trinajstić information content (AvgIpc) is 4.28. The zero-order valence-corrected chi connectivity index (χ0v) is 43.7. The monoisotopic (exact) mass is 1050 g/mol. The Morgan fingerprint density at radius 1 is 0.589 bits per heavy atom. The Labute approximate surface area is 425 Å². The summed E-state index contributed by atoms with van der Waals surface area (Å²) in [6, 6.07) is 6.54. The topological polar surface area (TPSA) is 266 Å². The Morgan fingerprint density at radius 3 is 1.32 bits per heavy atom. The molecule has 4 aromatic heterocycles. The van der Waals surface area contributed by atoms with E-state index in [1.54, 1.807) is 12.1 Å². The van der Waals surface area contributed by atoms with E-state index in [1.165, 1.54) is 51.4 Å². The second-order valence-corrected chi connectivity index (χ2v) is 24.9. The highest BCUT2D eigenvalue weighted by Crippen LogP contribution is 2.43. The largest absolute Gasteiger partial charge is 0.489 e.